The van der Waals surface area contributed by atoms with E-state index < -0.39 is 26.3 Å². The smallest absolute Gasteiger partial charge is 0.254 e. The number of amides is 5. The van der Waals surface area contributed by atoms with Gasteiger partial charge in [0, 0.05) is 105 Å². The number of nitrogens with one attached hydrogen (secondary N) is 3. The topological polar surface area (TPSA) is 158 Å². The van der Waals surface area contributed by atoms with E-state index in [1.165, 1.54) is 0 Å². The van der Waals surface area contributed by atoms with Crippen molar-refractivity contribution in [3.63, 3.8) is 0 Å². The third-order valence-electron chi connectivity index (χ3n) is 18.0. The highest BCUT2D eigenvalue weighted by Crippen LogP contribution is 2.44. The molecule has 452 valence electrons. The standard InChI is InChI=1S/C24H33N3O2.C21H31N3O2S.C21H29N3O2.CH4/c1-16(2)20-19-21(25-13-14-26(20)22(28)18-11-8-12-18)24(3,4)27(23(19)29)15-17-9-6-5-7-10-17;1-15(2)18-17-19(22-12-13-24(18)27(5,6)26)21(3,4)23(20(17)25)14-16-10-8-7-9-11-16;1-14(2)18-17-19(22-11-12-23(18)15(3)25)21(4,5)24(20(17)26)13-16-9-7-6-8-10-16;/h5-7,9-10,16,18,20,25H,8,11-15H2,1-4H3;7-11,15,18,22H,5,12-14H2,1-4,6H3;6-10,14,18,22H,11-13H2,1-5H3;1H4. The van der Waals surface area contributed by atoms with Crippen LogP contribution in [-0.2, 0) is 53.3 Å². The number of benzene rings is 3. The molecule has 3 aromatic rings. The van der Waals surface area contributed by atoms with Gasteiger partial charge in [0.25, 0.3) is 17.7 Å². The maximum Gasteiger partial charge on any atom is 0.254 e. The molecule has 1 fully saturated rings. The van der Waals surface area contributed by atoms with Crippen LogP contribution in [0.2, 0.25) is 0 Å². The molecule has 0 aromatic heterocycles. The molecule has 4 unspecified atom stereocenters. The van der Waals surface area contributed by atoms with E-state index in [1.807, 2.05) is 108 Å². The lowest BCUT2D eigenvalue weighted by molar-refractivity contribution is -0.141. The summed E-state index contributed by atoms with van der Waals surface area (Å²) in [5.41, 5.74) is 7.28. The summed E-state index contributed by atoms with van der Waals surface area (Å²) < 4.78 is 14.8. The van der Waals surface area contributed by atoms with Gasteiger partial charge < -0.3 is 40.4 Å². The van der Waals surface area contributed by atoms with Crippen LogP contribution in [0.4, 0.5) is 0 Å². The lowest BCUT2D eigenvalue weighted by atomic mass is 9.82. The first-order valence-electron chi connectivity index (χ1n) is 29.8. The zero-order valence-electron chi connectivity index (χ0n) is 51.4. The Bertz CT molecular complexity index is 3070. The first kappa shape index (κ1) is 64.2. The van der Waals surface area contributed by atoms with Crippen molar-refractivity contribution in [1.82, 2.24) is 44.8 Å². The fraction of sp³-hybridized carbons (Fsp3) is 0.552. The van der Waals surface area contributed by atoms with Crippen LogP contribution in [0.1, 0.15) is 133 Å². The molecule has 5 amide bonds. The van der Waals surface area contributed by atoms with Crippen molar-refractivity contribution in [2.24, 2.45) is 23.7 Å². The number of hydrogen-bond donors (Lipinski definition) is 3. The highest BCUT2D eigenvalue weighted by Gasteiger charge is 2.54. The Hall–Kier alpha value is -6.39. The van der Waals surface area contributed by atoms with Gasteiger partial charge in [-0.1, -0.05) is 146 Å². The SMILES string of the molecule is C.C=S(C)(=O)N1CCNC2=C(C(=O)N(Cc3ccccc3)C2(C)C)C1C(C)C.CC(=O)N1CCNC2=C(C(=O)N(Cc3ccccc3)C2(C)C)C1C(C)C.CC(C)C1C2=C(NCCN1C(=O)C1CCC1)C(C)(C)N(Cc1ccccc1)C2=O. The van der Waals surface area contributed by atoms with Crippen LogP contribution >= 0.6 is 0 Å². The lowest BCUT2D eigenvalue weighted by Crippen LogP contribution is -2.51. The quantitative estimate of drug-likeness (QED) is 0.160. The first-order valence-corrected chi connectivity index (χ1v) is 31.9. The van der Waals surface area contributed by atoms with Gasteiger partial charge in [-0.2, -0.15) is 0 Å². The number of hydrogen-bond acceptors (Lipinski definition) is 9. The van der Waals surface area contributed by atoms with Crippen LogP contribution in [0, 0.1) is 23.7 Å². The normalized spacial score (nSPS) is 23.7. The average molecular weight is 1160 g/mol. The average Bonchev–Trinajstić information content (AvgIpc) is 2.18. The molecule has 3 N–H and O–H groups in total. The second-order valence-corrected chi connectivity index (χ2v) is 28.4. The minimum Gasteiger partial charge on any atom is -0.385 e. The Morgan fingerprint density at radius 3 is 1.16 bits per heavy atom. The van der Waals surface area contributed by atoms with Gasteiger partial charge in [-0.15, -0.1) is 0 Å². The van der Waals surface area contributed by atoms with E-state index in [4.69, 9.17) is 0 Å². The molecule has 0 bridgehead atoms. The summed E-state index contributed by atoms with van der Waals surface area (Å²) in [4.78, 5) is 76.0. The van der Waals surface area contributed by atoms with E-state index in [0.717, 1.165) is 69.8 Å². The van der Waals surface area contributed by atoms with Crippen molar-refractivity contribution in [2.75, 3.05) is 45.5 Å². The van der Waals surface area contributed by atoms with Crippen LogP contribution in [0.3, 0.4) is 0 Å². The van der Waals surface area contributed by atoms with E-state index >= 15 is 0 Å². The molecule has 4 atom stereocenters. The monoisotopic (exact) mass is 1160 g/mol. The zero-order chi connectivity index (χ0) is 59.8. The summed E-state index contributed by atoms with van der Waals surface area (Å²) in [6.45, 7) is 32.3. The highest BCUT2D eigenvalue weighted by molar-refractivity contribution is 7.97. The molecule has 83 heavy (non-hydrogen) atoms. The molecule has 3 aromatic carbocycles. The Morgan fingerprint density at radius 1 is 0.542 bits per heavy atom. The molecular weight excluding hydrogens is 1060 g/mol. The minimum absolute atomic E-state index is 0. The first-order chi connectivity index (χ1) is 38.6. The molecule has 16 heteroatoms. The van der Waals surface area contributed by atoms with Crippen molar-refractivity contribution in [2.45, 2.75) is 171 Å². The van der Waals surface area contributed by atoms with Crippen molar-refractivity contribution in [3.8, 4) is 0 Å². The third kappa shape index (κ3) is 12.7. The number of nitrogens with zero attached hydrogens (tertiary/aromatic N) is 6. The molecule has 10 rings (SSSR count). The van der Waals surface area contributed by atoms with E-state index in [-0.39, 0.29) is 78.8 Å². The second kappa shape index (κ2) is 25.4. The summed E-state index contributed by atoms with van der Waals surface area (Å²) in [7, 11) is -2.43. The zero-order valence-corrected chi connectivity index (χ0v) is 52.3. The summed E-state index contributed by atoms with van der Waals surface area (Å²) >= 11 is 0. The Balaban J connectivity index is 0.000000178. The molecule has 7 aliphatic rings. The predicted molar refractivity (Wildman–Crippen MR) is 335 cm³/mol. The van der Waals surface area contributed by atoms with E-state index in [9.17, 15) is 28.2 Å². The predicted octanol–water partition coefficient (Wildman–Crippen LogP) is 8.74. The van der Waals surface area contributed by atoms with Crippen LogP contribution in [0.5, 0.6) is 0 Å². The van der Waals surface area contributed by atoms with Gasteiger partial charge >= 0.3 is 0 Å². The largest absolute Gasteiger partial charge is 0.385 e. The van der Waals surface area contributed by atoms with E-state index in [2.05, 4.69) is 117 Å². The number of rotatable bonds is 11. The fourth-order valence-electron chi connectivity index (χ4n) is 13.5. The van der Waals surface area contributed by atoms with Gasteiger partial charge in [-0.05, 0) is 94.7 Å². The van der Waals surface area contributed by atoms with Crippen molar-refractivity contribution < 1.29 is 28.2 Å². The van der Waals surface area contributed by atoms with Crippen molar-refractivity contribution in [1.29, 1.82) is 0 Å². The van der Waals surface area contributed by atoms with Crippen LogP contribution in [0.25, 0.3) is 0 Å². The van der Waals surface area contributed by atoms with Crippen LogP contribution in [0.15, 0.2) is 125 Å². The second-order valence-electron chi connectivity index (χ2n) is 26.0. The third-order valence-corrected chi connectivity index (χ3v) is 19.4. The maximum atomic E-state index is 13.7. The van der Waals surface area contributed by atoms with E-state index in [1.54, 1.807) is 13.2 Å². The van der Waals surface area contributed by atoms with E-state index in [0.29, 0.717) is 58.9 Å². The van der Waals surface area contributed by atoms with Crippen LogP contribution < -0.4 is 16.0 Å². The van der Waals surface area contributed by atoms with Crippen LogP contribution in [-0.4, -0.2) is 149 Å². The van der Waals surface area contributed by atoms with Crippen molar-refractivity contribution in [3.05, 3.63) is 141 Å². The molecule has 15 nitrogen and oxygen atoms in total. The molecule has 1 saturated carbocycles. The van der Waals surface area contributed by atoms with Gasteiger partial charge in [0.2, 0.25) is 11.8 Å². The molecule has 0 spiro atoms. The fourth-order valence-corrected chi connectivity index (χ4v) is 14.8. The Morgan fingerprint density at radius 2 is 0.855 bits per heavy atom. The summed E-state index contributed by atoms with van der Waals surface area (Å²) in [5.74, 6) is 4.93. The van der Waals surface area contributed by atoms with Gasteiger partial charge in [0.05, 0.1) is 51.5 Å². The Kier molecular flexibility index (Phi) is 19.7. The summed E-state index contributed by atoms with van der Waals surface area (Å²) in [6.07, 6.45) is 4.78. The molecule has 6 aliphatic heterocycles. The molecule has 0 saturated heterocycles. The molecule has 1 aliphatic carbocycles. The number of carbonyl (C=O) groups excluding carboxylic acids is 5. The molecular formula is C67H97N9O6S. The highest BCUT2D eigenvalue weighted by atomic mass is 32.2. The number of carbonyl (C=O) groups is 5. The minimum atomic E-state index is -2.43. The molecule has 6 heterocycles. The maximum absolute atomic E-state index is 13.7. The van der Waals surface area contributed by atoms with Gasteiger partial charge in [0.1, 0.15) is 0 Å². The summed E-state index contributed by atoms with van der Waals surface area (Å²) in [6, 6.07) is 29.7. The van der Waals surface area contributed by atoms with Gasteiger partial charge in [-0.25, -0.2) is 4.31 Å². The van der Waals surface area contributed by atoms with Gasteiger partial charge in [0.15, 0.2) is 0 Å². The Labute approximate surface area is 497 Å². The van der Waals surface area contributed by atoms with Crippen molar-refractivity contribution >= 4 is 45.1 Å². The summed E-state index contributed by atoms with van der Waals surface area (Å²) in [5, 5.41) is 10.5. The lowest BCUT2D eigenvalue weighted by Gasteiger charge is -2.39. The molecule has 0 radical (unpaired) electrons. The van der Waals surface area contributed by atoms with Gasteiger partial charge in [-0.3, -0.25) is 28.2 Å².